The average molecular weight is 546 g/mol. The number of unbranched alkanes of at least 4 members (excludes halogenated alkanes) is 1. The van der Waals surface area contributed by atoms with Gasteiger partial charge in [0.2, 0.25) is 0 Å². The fraction of sp³-hybridized carbons (Fsp3) is 0.724. The van der Waals surface area contributed by atoms with Gasteiger partial charge < -0.3 is 0 Å². The molecule has 5 aliphatic carbocycles. The Morgan fingerprint density at radius 2 is 1.77 bits per heavy atom. The van der Waals surface area contributed by atoms with Crippen LogP contribution in [0.15, 0.2) is 16.1 Å². The molecule has 2 heteroatoms. The summed E-state index contributed by atoms with van der Waals surface area (Å²) in [6, 6.07) is 2.50. The molecule has 31 heavy (non-hydrogen) atoms. The van der Waals surface area contributed by atoms with Gasteiger partial charge in [-0.3, -0.25) is 0 Å². The Morgan fingerprint density at radius 3 is 2.68 bits per heavy atom. The summed E-state index contributed by atoms with van der Waals surface area (Å²) in [6.45, 7) is 2.49. The van der Waals surface area contributed by atoms with E-state index in [1.807, 2.05) is 0 Å². The maximum Gasteiger partial charge on any atom is 0.0251 e. The van der Waals surface area contributed by atoms with Gasteiger partial charge >= 0.3 is 0 Å². The SMILES string of the molecule is CC1CC2CC3CC(CCCCC4=Cc5cc6c(c(Br)c5C4)CCC6)CC3C(Br)C2C1. The van der Waals surface area contributed by atoms with Crippen molar-refractivity contribution in [2.45, 2.75) is 95.2 Å². The number of alkyl halides is 1. The van der Waals surface area contributed by atoms with Crippen LogP contribution < -0.4 is 0 Å². The molecule has 0 bridgehead atoms. The van der Waals surface area contributed by atoms with Crippen LogP contribution in [0.3, 0.4) is 0 Å². The first-order valence-corrected chi connectivity index (χ1v) is 14.9. The molecule has 0 spiro atoms. The lowest BCUT2D eigenvalue weighted by atomic mass is 9.71. The summed E-state index contributed by atoms with van der Waals surface area (Å²) in [5.74, 6) is 6.04. The predicted octanol–water partition coefficient (Wildman–Crippen LogP) is 8.91. The van der Waals surface area contributed by atoms with Crippen molar-refractivity contribution in [1.29, 1.82) is 0 Å². The minimum atomic E-state index is 0.827. The van der Waals surface area contributed by atoms with Crippen LogP contribution in [-0.2, 0) is 19.3 Å². The standard InChI is InChI=1S/C29H38Br2/c1-17-9-21-16-23-12-19(14-27(23)29(31)25(21)10-17)6-3-2-5-18-11-22-15-20-7-4-8-24(20)28(30)26(22)13-18/h11,15,17,19,21,23,25,27,29H,2-10,12-14,16H2,1H3. The van der Waals surface area contributed by atoms with Crippen LogP contribution in [0, 0.1) is 35.5 Å². The molecule has 6 rings (SSSR count). The van der Waals surface area contributed by atoms with Crippen molar-refractivity contribution >= 4 is 37.9 Å². The second-order valence-corrected chi connectivity index (χ2v) is 13.8. The Bertz CT molecular complexity index is 883. The number of halogens is 2. The molecule has 0 aromatic heterocycles. The monoisotopic (exact) mass is 544 g/mol. The molecule has 3 saturated carbocycles. The van der Waals surface area contributed by atoms with Crippen LogP contribution in [0.4, 0.5) is 0 Å². The van der Waals surface area contributed by atoms with Crippen LogP contribution >= 0.6 is 31.9 Å². The molecule has 0 saturated heterocycles. The Balaban J connectivity index is 0.989. The molecule has 0 amide bonds. The summed E-state index contributed by atoms with van der Waals surface area (Å²) >= 11 is 8.17. The first-order chi connectivity index (χ1) is 15.1. The van der Waals surface area contributed by atoms with Crippen LogP contribution in [0.5, 0.6) is 0 Å². The van der Waals surface area contributed by atoms with E-state index in [9.17, 15) is 0 Å². The molecular formula is C29H38Br2. The topological polar surface area (TPSA) is 0 Å². The zero-order chi connectivity index (χ0) is 21.1. The second-order valence-electron chi connectivity index (χ2n) is 11.9. The van der Waals surface area contributed by atoms with Gasteiger partial charge in [-0.25, -0.2) is 0 Å². The minimum absolute atomic E-state index is 0.827. The smallest absolute Gasteiger partial charge is 0.0251 e. The van der Waals surface area contributed by atoms with Gasteiger partial charge in [-0.1, -0.05) is 69.3 Å². The maximum atomic E-state index is 4.21. The van der Waals surface area contributed by atoms with Crippen LogP contribution in [0.25, 0.3) is 6.08 Å². The summed E-state index contributed by atoms with van der Waals surface area (Å²) in [7, 11) is 0. The Kier molecular flexibility index (Phi) is 5.96. The third kappa shape index (κ3) is 3.94. The summed E-state index contributed by atoms with van der Waals surface area (Å²) in [5, 5.41) is 0. The van der Waals surface area contributed by atoms with E-state index < -0.39 is 0 Å². The van der Waals surface area contributed by atoms with E-state index in [4.69, 9.17) is 0 Å². The van der Waals surface area contributed by atoms with Crippen molar-refractivity contribution in [1.82, 2.24) is 0 Å². The van der Waals surface area contributed by atoms with Crippen molar-refractivity contribution in [3.63, 3.8) is 0 Å². The van der Waals surface area contributed by atoms with Crippen LogP contribution in [0.2, 0.25) is 0 Å². The quantitative estimate of drug-likeness (QED) is 0.256. The number of benzene rings is 1. The van der Waals surface area contributed by atoms with Gasteiger partial charge in [0.05, 0.1) is 0 Å². The highest BCUT2D eigenvalue weighted by Gasteiger charge is 2.50. The second kappa shape index (κ2) is 8.61. The number of fused-ring (bicyclic) bond motifs is 4. The molecule has 3 fully saturated rings. The Morgan fingerprint density at radius 1 is 0.935 bits per heavy atom. The molecule has 0 nitrogen and oxygen atoms in total. The minimum Gasteiger partial charge on any atom is -0.0884 e. The van der Waals surface area contributed by atoms with E-state index in [0.29, 0.717) is 0 Å². The van der Waals surface area contributed by atoms with E-state index in [1.54, 1.807) is 28.7 Å². The van der Waals surface area contributed by atoms with Crippen molar-refractivity contribution in [3.05, 3.63) is 38.4 Å². The average Bonchev–Trinajstić information content (AvgIpc) is 3.50. The molecule has 0 aliphatic heterocycles. The van der Waals surface area contributed by atoms with Gasteiger partial charge in [0, 0.05) is 9.30 Å². The molecule has 0 heterocycles. The summed E-state index contributed by atoms with van der Waals surface area (Å²) in [4.78, 5) is 0.827. The number of hydrogen-bond acceptors (Lipinski definition) is 0. The van der Waals surface area contributed by atoms with Gasteiger partial charge in [-0.15, -0.1) is 0 Å². The van der Waals surface area contributed by atoms with Gasteiger partial charge in [0.15, 0.2) is 0 Å². The molecule has 7 unspecified atom stereocenters. The zero-order valence-corrected chi connectivity index (χ0v) is 22.3. The first-order valence-electron chi connectivity index (χ1n) is 13.2. The summed E-state index contributed by atoms with van der Waals surface area (Å²) in [5.41, 5.74) is 8.00. The first kappa shape index (κ1) is 21.5. The van der Waals surface area contributed by atoms with Crippen LogP contribution in [-0.4, -0.2) is 4.83 Å². The lowest BCUT2D eigenvalue weighted by Crippen LogP contribution is -2.35. The number of rotatable bonds is 5. The maximum absolute atomic E-state index is 4.21. The van der Waals surface area contributed by atoms with Gasteiger partial charge in [-0.2, -0.15) is 0 Å². The van der Waals surface area contributed by atoms with Crippen molar-refractivity contribution < 1.29 is 0 Å². The number of aryl methyl sites for hydroxylation is 1. The van der Waals surface area contributed by atoms with Gasteiger partial charge in [-0.05, 0) is 128 Å². The molecule has 7 atom stereocenters. The summed E-state index contributed by atoms with van der Waals surface area (Å²) < 4.78 is 1.45. The highest BCUT2D eigenvalue weighted by molar-refractivity contribution is 9.10. The molecule has 0 radical (unpaired) electrons. The lowest BCUT2D eigenvalue weighted by Gasteiger charge is -2.39. The molecular weight excluding hydrogens is 508 g/mol. The van der Waals surface area contributed by atoms with Crippen molar-refractivity contribution in [2.75, 3.05) is 0 Å². The molecule has 0 N–H and O–H groups in total. The molecule has 5 aliphatic rings. The van der Waals surface area contributed by atoms with E-state index in [2.05, 4.69) is 50.9 Å². The predicted molar refractivity (Wildman–Crippen MR) is 139 cm³/mol. The van der Waals surface area contributed by atoms with E-state index in [-0.39, 0.29) is 0 Å². The Labute approximate surface area is 206 Å². The van der Waals surface area contributed by atoms with Crippen LogP contribution in [0.1, 0.15) is 93.4 Å². The van der Waals surface area contributed by atoms with Gasteiger partial charge in [0.1, 0.15) is 0 Å². The molecule has 1 aromatic carbocycles. The third-order valence-electron chi connectivity index (χ3n) is 9.85. The lowest BCUT2D eigenvalue weighted by molar-refractivity contribution is 0.169. The van der Waals surface area contributed by atoms with Crippen molar-refractivity contribution in [2.24, 2.45) is 35.5 Å². The van der Waals surface area contributed by atoms with E-state index >= 15 is 0 Å². The zero-order valence-electron chi connectivity index (χ0n) is 19.1. The fourth-order valence-corrected chi connectivity index (χ4v) is 10.6. The molecule has 168 valence electrons. The largest absolute Gasteiger partial charge is 0.0884 e. The fourth-order valence-electron chi connectivity index (χ4n) is 8.50. The highest BCUT2D eigenvalue weighted by Crippen LogP contribution is 2.57. The Hall–Kier alpha value is -0.0800. The van der Waals surface area contributed by atoms with E-state index in [1.165, 1.54) is 87.1 Å². The summed E-state index contributed by atoms with van der Waals surface area (Å²) in [6.07, 6.45) is 20.9. The van der Waals surface area contributed by atoms with Gasteiger partial charge in [0.25, 0.3) is 0 Å². The normalized spacial score (nSPS) is 38.0. The third-order valence-corrected chi connectivity index (χ3v) is 12.2. The van der Waals surface area contributed by atoms with Crippen molar-refractivity contribution in [3.8, 4) is 0 Å². The molecule has 1 aromatic rings. The number of hydrogen-bond donors (Lipinski definition) is 0. The highest BCUT2D eigenvalue weighted by atomic mass is 79.9. The van der Waals surface area contributed by atoms with E-state index in [0.717, 1.165) is 40.3 Å². The number of allylic oxidation sites excluding steroid dienone is 1.